The Balaban J connectivity index is 1.41. The Labute approximate surface area is 200 Å². The zero-order valence-corrected chi connectivity index (χ0v) is 21.0. The first-order valence-corrected chi connectivity index (χ1v) is 13.0. The van der Waals surface area contributed by atoms with Crippen molar-refractivity contribution in [1.82, 2.24) is 14.8 Å². The van der Waals surface area contributed by atoms with Gasteiger partial charge in [-0.05, 0) is 74.9 Å². The van der Waals surface area contributed by atoms with Crippen LogP contribution in [0.1, 0.15) is 104 Å². The number of nitrogens with zero attached hydrogens (tertiary/aromatic N) is 3. The Morgan fingerprint density at radius 3 is 2.30 bits per heavy atom. The molecule has 0 bridgehead atoms. The van der Waals surface area contributed by atoms with Gasteiger partial charge in [-0.3, -0.25) is 14.7 Å². The molecule has 0 spiro atoms. The molecule has 0 unspecified atom stereocenters. The van der Waals surface area contributed by atoms with Crippen LogP contribution in [0.25, 0.3) is 0 Å². The zero-order valence-electron chi connectivity index (χ0n) is 21.0. The number of aryl methyl sites for hydroxylation is 1. The molecule has 1 amide bonds. The molecular weight excluding hydrogens is 406 g/mol. The quantitative estimate of drug-likeness (QED) is 0.521. The maximum Gasteiger partial charge on any atom is 0.255 e. The fraction of sp³-hybridized carbons (Fsp3) is 0.586. The molecule has 4 rings (SSSR count). The molecule has 0 radical (unpaired) electrons. The molecule has 4 heteroatoms. The molecule has 0 N–H and O–H groups in total. The van der Waals surface area contributed by atoms with Gasteiger partial charge in [-0.2, -0.15) is 0 Å². The highest BCUT2D eigenvalue weighted by Crippen LogP contribution is 2.32. The van der Waals surface area contributed by atoms with E-state index in [-0.39, 0.29) is 5.91 Å². The van der Waals surface area contributed by atoms with E-state index in [4.69, 9.17) is 4.98 Å². The Morgan fingerprint density at radius 2 is 1.67 bits per heavy atom. The van der Waals surface area contributed by atoms with Crippen LogP contribution in [0.2, 0.25) is 0 Å². The van der Waals surface area contributed by atoms with Crippen molar-refractivity contribution < 1.29 is 4.79 Å². The van der Waals surface area contributed by atoms with Gasteiger partial charge in [0.05, 0.1) is 11.3 Å². The lowest BCUT2D eigenvalue weighted by atomic mass is 9.89. The number of carbonyl (C=O) groups is 1. The minimum atomic E-state index is 0.164. The number of benzene rings is 1. The van der Waals surface area contributed by atoms with Crippen LogP contribution in [0.3, 0.4) is 0 Å². The molecule has 2 aliphatic rings. The van der Waals surface area contributed by atoms with Crippen LogP contribution in [-0.4, -0.2) is 46.9 Å². The zero-order chi connectivity index (χ0) is 23.4. The van der Waals surface area contributed by atoms with E-state index in [0.29, 0.717) is 17.9 Å². The van der Waals surface area contributed by atoms with Crippen molar-refractivity contribution in [3.8, 4) is 0 Å². The molecule has 1 saturated heterocycles. The highest BCUT2D eigenvalue weighted by atomic mass is 16.2. The number of hydrogen-bond donors (Lipinski definition) is 0. The number of piperidine rings is 1. The summed E-state index contributed by atoms with van der Waals surface area (Å²) in [5, 5.41) is 0. The Kier molecular flexibility index (Phi) is 7.85. The lowest BCUT2D eigenvalue weighted by Gasteiger charge is -2.34. The topological polar surface area (TPSA) is 36.4 Å². The summed E-state index contributed by atoms with van der Waals surface area (Å²) < 4.78 is 0. The van der Waals surface area contributed by atoms with E-state index in [0.717, 1.165) is 62.3 Å². The van der Waals surface area contributed by atoms with Crippen molar-refractivity contribution in [3.63, 3.8) is 0 Å². The Hall–Kier alpha value is -2.20. The summed E-state index contributed by atoms with van der Waals surface area (Å²) in [6.45, 7) is 9.63. The maximum absolute atomic E-state index is 13.5. The van der Waals surface area contributed by atoms with Crippen LogP contribution in [0.4, 0.5) is 0 Å². The molecular formula is C29H41N3O. The van der Waals surface area contributed by atoms with Crippen LogP contribution in [-0.2, 0) is 6.54 Å². The molecule has 1 aromatic heterocycles. The number of rotatable bonds is 6. The number of pyridine rings is 1. The second-order valence-corrected chi connectivity index (χ2v) is 10.5. The van der Waals surface area contributed by atoms with Gasteiger partial charge in [-0.15, -0.1) is 0 Å². The molecule has 178 valence electrons. The van der Waals surface area contributed by atoms with E-state index in [9.17, 15) is 4.79 Å². The van der Waals surface area contributed by atoms with E-state index < -0.39 is 0 Å². The molecule has 1 saturated carbocycles. The normalized spacial score (nSPS) is 18.6. The van der Waals surface area contributed by atoms with Crippen molar-refractivity contribution in [3.05, 3.63) is 64.5 Å². The minimum Gasteiger partial charge on any atom is -0.339 e. The van der Waals surface area contributed by atoms with Gasteiger partial charge >= 0.3 is 0 Å². The maximum atomic E-state index is 13.5. The summed E-state index contributed by atoms with van der Waals surface area (Å²) in [6, 6.07) is 13.5. The molecule has 2 heterocycles. The van der Waals surface area contributed by atoms with Crippen molar-refractivity contribution in [2.75, 3.05) is 20.1 Å². The minimum absolute atomic E-state index is 0.164. The van der Waals surface area contributed by atoms with Crippen LogP contribution in [0.5, 0.6) is 0 Å². The molecule has 1 aliphatic heterocycles. The fourth-order valence-corrected chi connectivity index (χ4v) is 5.52. The summed E-state index contributed by atoms with van der Waals surface area (Å²) in [7, 11) is 2.00. The number of amides is 1. The first-order chi connectivity index (χ1) is 15.9. The van der Waals surface area contributed by atoms with Gasteiger partial charge in [0.15, 0.2) is 0 Å². The van der Waals surface area contributed by atoms with Gasteiger partial charge in [-0.1, -0.05) is 57.4 Å². The third-order valence-corrected chi connectivity index (χ3v) is 7.76. The first-order valence-electron chi connectivity index (χ1n) is 13.0. The van der Waals surface area contributed by atoms with Crippen LogP contribution >= 0.6 is 0 Å². The van der Waals surface area contributed by atoms with E-state index in [1.54, 1.807) is 0 Å². The highest BCUT2D eigenvalue weighted by molar-refractivity contribution is 5.95. The Morgan fingerprint density at radius 1 is 1.00 bits per heavy atom. The van der Waals surface area contributed by atoms with E-state index >= 15 is 0 Å². The van der Waals surface area contributed by atoms with Crippen molar-refractivity contribution >= 4 is 5.91 Å². The highest BCUT2D eigenvalue weighted by Gasteiger charge is 2.29. The van der Waals surface area contributed by atoms with Gasteiger partial charge < -0.3 is 4.90 Å². The lowest BCUT2D eigenvalue weighted by molar-refractivity contribution is 0.0693. The number of carbonyl (C=O) groups excluding carboxylic acids is 1. The molecule has 2 aromatic rings. The number of aromatic nitrogens is 1. The third-order valence-electron chi connectivity index (χ3n) is 7.76. The van der Waals surface area contributed by atoms with Gasteiger partial charge in [-0.25, -0.2) is 0 Å². The summed E-state index contributed by atoms with van der Waals surface area (Å²) in [5.74, 6) is 1.10. The van der Waals surface area contributed by atoms with Gasteiger partial charge in [0.2, 0.25) is 0 Å². The number of hydrogen-bond acceptors (Lipinski definition) is 3. The standard InChI is InChI=1S/C29H41N3O/c1-21(2)24-13-11-23(12-14-24)20-32-18-16-25(17-19-32)28-27(15-10-22(3)30-28)29(33)31(4)26-8-6-5-7-9-26/h10-15,21,25-26H,5-9,16-20H2,1-4H3. The van der Waals surface area contributed by atoms with Gasteiger partial charge in [0, 0.05) is 31.2 Å². The average molecular weight is 448 g/mol. The van der Waals surface area contributed by atoms with Crippen LogP contribution in [0.15, 0.2) is 36.4 Å². The molecule has 33 heavy (non-hydrogen) atoms. The molecule has 1 aliphatic carbocycles. The smallest absolute Gasteiger partial charge is 0.255 e. The fourth-order valence-electron chi connectivity index (χ4n) is 5.52. The summed E-state index contributed by atoms with van der Waals surface area (Å²) in [4.78, 5) is 22.9. The van der Waals surface area contributed by atoms with Crippen molar-refractivity contribution in [2.45, 2.75) is 90.1 Å². The number of likely N-dealkylation sites (tertiary alicyclic amines) is 1. The van der Waals surface area contributed by atoms with E-state index in [2.05, 4.69) is 43.0 Å². The summed E-state index contributed by atoms with van der Waals surface area (Å²) >= 11 is 0. The third kappa shape index (κ3) is 5.84. The van der Waals surface area contributed by atoms with Crippen LogP contribution in [0, 0.1) is 6.92 Å². The van der Waals surface area contributed by atoms with Gasteiger partial charge in [0.25, 0.3) is 5.91 Å². The molecule has 2 fully saturated rings. The summed E-state index contributed by atoms with van der Waals surface area (Å²) in [5.41, 5.74) is 5.66. The lowest BCUT2D eigenvalue weighted by Crippen LogP contribution is -2.39. The largest absolute Gasteiger partial charge is 0.339 e. The predicted octanol–water partition coefficient (Wildman–Crippen LogP) is 6.30. The second kappa shape index (κ2) is 10.8. The van der Waals surface area contributed by atoms with E-state index in [1.807, 2.05) is 31.0 Å². The SMILES string of the molecule is Cc1ccc(C(=O)N(C)C2CCCCC2)c(C2CCN(Cc3ccc(C(C)C)cc3)CC2)n1. The molecule has 4 nitrogen and oxygen atoms in total. The first kappa shape index (κ1) is 23.9. The van der Waals surface area contributed by atoms with E-state index in [1.165, 1.54) is 30.4 Å². The Bertz CT molecular complexity index is 922. The van der Waals surface area contributed by atoms with Gasteiger partial charge in [0.1, 0.15) is 0 Å². The van der Waals surface area contributed by atoms with Crippen LogP contribution < -0.4 is 0 Å². The predicted molar refractivity (Wildman–Crippen MR) is 136 cm³/mol. The van der Waals surface area contributed by atoms with Crippen molar-refractivity contribution in [1.29, 1.82) is 0 Å². The molecule has 1 aromatic carbocycles. The monoisotopic (exact) mass is 447 g/mol. The summed E-state index contributed by atoms with van der Waals surface area (Å²) in [6.07, 6.45) is 8.17. The second-order valence-electron chi connectivity index (χ2n) is 10.5. The molecule has 0 atom stereocenters. The average Bonchev–Trinajstić information content (AvgIpc) is 2.84. The van der Waals surface area contributed by atoms with Crippen molar-refractivity contribution in [2.24, 2.45) is 0 Å².